The molecule has 5 nitrogen and oxygen atoms in total. The van der Waals surface area contributed by atoms with Crippen molar-refractivity contribution in [1.82, 2.24) is 5.48 Å². The predicted molar refractivity (Wildman–Crippen MR) is 52.8 cm³/mol. The van der Waals surface area contributed by atoms with Crippen molar-refractivity contribution in [2.75, 3.05) is 0 Å². The van der Waals surface area contributed by atoms with Gasteiger partial charge in [0.15, 0.2) is 0 Å². The van der Waals surface area contributed by atoms with E-state index >= 15 is 0 Å². The van der Waals surface area contributed by atoms with E-state index in [1.165, 1.54) is 0 Å². The van der Waals surface area contributed by atoms with Crippen molar-refractivity contribution in [3.8, 4) is 0 Å². The molecule has 0 radical (unpaired) electrons. The van der Waals surface area contributed by atoms with Crippen LogP contribution in [0.2, 0.25) is 0 Å². The Morgan fingerprint density at radius 2 is 1.87 bits per heavy atom. The maximum absolute atomic E-state index is 11.2. The first-order valence-electron chi connectivity index (χ1n) is 5.08. The highest BCUT2D eigenvalue weighted by Gasteiger charge is 2.28. The molecule has 1 aliphatic carbocycles. The molecule has 0 spiro atoms. The zero-order valence-electron chi connectivity index (χ0n) is 9.33. The third-order valence-electron chi connectivity index (χ3n) is 2.07. The Balaban J connectivity index is 2.18. The molecule has 86 valence electrons. The van der Waals surface area contributed by atoms with Gasteiger partial charge >= 0.3 is 12.1 Å². The minimum absolute atomic E-state index is 0.0556. The molecular weight excluding hydrogens is 198 g/mol. The molecular formula is C10H17NO4. The lowest BCUT2D eigenvalue weighted by Gasteiger charge is -2.23. The smallest absolute Gasteiger partial charge is 0.441 e. The first-order valence-corrected chi connectivity index (χ1v) is 5.08. The molecule has 15 heavy (non-hydrogen) atoms. The van der Waals surface area contributed by atoms with Crippen molar-refractivity contribution in [3.63, 3.8) is 0 Å². The molecule has 0 atom stereocenters. The molecule has 0 bridgehead atoms. The summed E-state index contributed by atoms with van der Waals surface area (Å²) < 4.78 is 4.89. The summed E-state index contributed by atoms with van der Waals surface area (Å²) in [5.74, 6) is -0.438. The molecule has 1 fully saturated rings. The fourth-order valence-corrected chi connectivity index (χ4v) is 1.12. The molecule has 1 saturated carbocycles. The molecule has 0 heterocycles. The van der Waals surface area contributed by atoms with Gasteiger partial charge in [0.05, 0.1) is 5.92 Å². The topological polar surface area (TPSA) is 64.6 Å². The molecule has 1 N–H and O–H groups in total. The third-order valence-corrected chi connectivity index (χ3v) is 2.07. The summed E-state index contributed by atoms with van der Waals surface area (Å²) in [6.45, 7) is 5.21. The standard InChI is InChI=1S/C10H17NO4/c1-10(2,3)14-9(13)11-15-8(12)7-5-4-6-7/h7H,4-6H2,1-3H3,(H,11,13). The second-order valence-electron chi connectivity index (χ2n) is 4.65. The van der Waals surface area contributed by atoms with Crippen LogP contribution in [0.25, 0.3) is 0 Å². The Kier molecular flexibility index (Phi) is 3.55. The van der Waals surface area contributed by atoms with Crippen molar-refractivity contribution in [1.29, 1.82) is 0 Å². The second kappa shape index (κ2) is 4.51. The number of carbonyl (C=O) groups is 2. The average Bonchev–Trinajstić information content (AvgIpc) is 1.94. The number of ether oxygens (including phenoxy) is 1. The monoisotopic (exact) mass is 215 g/mol. The molecule has 5 heteroatoms. The highest BCUT2D eigenvalue weighted by atomic mass is 16.7. The van der Waals surface area contributed by atoms with E-state index in [1.54, 1.807) is 20.8 Å². The van der Waals surface area contributed by atoms with Crippen LogP contribution in [-0.2, 0) is 14.4 Å². The average molecular weight is 215 g/mol. The lowest BCUT2D eigenvalue weighted by Crippen LogP contribution is -2.36. The molecule has 0 aromatic heterocycles. The van der Waals surface area contributed by atoms with Gasteiger partial charge in [-0.15, -0.1) is 5.48 Å². The van der Waals surface area contributed by atoms with Crippen molar-refractivity contribution in [2.45, 2.75) is 45.6 Å². The molecule has 1 rings (SSSR count). The van der Waals surface area contributed by atoms with Crippen LogP contribution in [0, 0.1) is 5.92 Å². The van der Waals surface area contributed by atoms with E-state index in [2.05, 4.69) is 4.84 Å². The zero-order valence-corrected chi connectivity index (χ0v) is 9.33. The van der Waals surface area contributed by atoms with E-state index in [-0.39, 0.29) is 11.9 Å². The summed E-state index contributed by atoms with van der Waals surface area (Å²) in [7, 11) is 0. The van der Waals surface area contributed by atoms with Gasteiger partial charge in [0.1, 0.15) is 5.60 Å². The van der Waals surface area contributed by atoms with Crippen molar-refractivity contribution >= 4 is 12.1 Å². The number of hydrogen-bond donors (Lipinski definition) is 1. The number of amides is 1. The molecule has 0 unspecified atom stereocenters. The first-order chi connectivity index (χ1) is 6.88. The second-order valence-corrected chi connectivity index (χ2v) is 4.65. The lowest BCUT2D eigenvalue weighted by molar-refractivity contribution is -0.158. The van der Waals surface area contributed by atoms with Crippen molar-refractivity contribution in [2.24, 2.45) is 5.92 Å². The van der Waals surface area contributed by atoms with E-state index < -0.39 is 11.7 Å². The summed E-state index contributed by atoms with van der Waals surface area (Å²) >= 11 is 0. The Labute approximate surface area is 89.1 Å². The minimum Gasteiger partial charge on any atom is -0.442 e. The van der Waals surface area contributed by atoms with E-state index in [0.29, 0.717) is 0 Å². The Bertz CT molecular complexity index is 253. The predicted octanol–water partition coefficient (Wildman–Crippen LogP) is 1.77. The fourth-order valence-electron chi connectivity index (χ4n) is 1.12. The summed E-state index contributed by atoms with van der Waals surface area (Å²) in [6, 6.07) is 0. The number of hydroxylamine groups is 1. The maximum atomic E-state index is 11.2. The van der Waals surface area contributed by atoms with Crippen LogP contribution >= 0.6 is 0 Å². The molecule has 0 aromatic rings. The Morgan fingerprint density at radius 1 is 1.27 bits per heavy atom. The molecule has 0 saturated heterocycles. The highest BCUT2D eigenvalue weighted by molar-refractivity contribution is 5.75. The van der Waals surface area contributed by atoms with Gasteiger partial charge in [0, 0.05) is 0 Å². The Morgan fingerprint density at radius 3 is 2.27 bits per heavy atom. The largest absolute Gasteiger partial charge is 0.442 e. The normalized spacial score (nSPS) is 16.5. The van der Waals surface area contributed by atoms with E-state index in [1.807, 2.05) is 5.48 Å². The molecule has 1 aliphatic rings. The summed E-state index contributed by atoms with van der Waals surface area (Å²) in [5, 5.41) is 0. The van der Waals surface area contributed by atoms with Crippen molar-refractivity contribution < 1.29 is 19.2 Å². The van der Waals surface area contributed by atoms with Gasteiger partial charge in [-0.2, -0.15) is 0 Å². The van der Waals surface area contributed by atoms with Crippen LogP contribution in [0.1, 0.15) is 40.0 Å². The lowest BCUT2D eigenvalue weighted by atomic mass is 9.86. The summed E-state index contributed by atoms with van der Waals surface area (Å²) in [5.41, 5.74) is 1.39. The van der Waals surface area contributed by atoms with Gasteiger partial charge < -0.3 is 9.57 Å². The van der Waals surface area contributed by atoms with E-state index in [9.17, 15) is 9.59 Å². The minimum atomic E-state index is -0.741. The van der Waals surface area contributed by atoms with Crippen LogP contribution in [-0.4, -0.2) is 17.7 Å². The quantitative estimate of drug-likeness (QED) is 0.677. The van der Waals surface area contributed by atoms with Crippen molar-refractivity contribution in [3.05, 3.63) is 0 Å². The van der Waals surface area contributed by atoms with Gasteiger partial charge in [-0.25, -0.2) is 9.59 Å². The van der Waals surface area contributed by atoms with Gasteiger partial charge in [-0.05, 0) is 33.6 Å². The highest BCUT2D eigenvalue weighted by Crippen LogP contribution is 2.26. The number of carbonyl (C=O) groups excluding carboxylic acids is 2. The summed E-state index contributed by atoms with van der Waals surface area (Å²) in [4.78, 5) is 26.9. The number of hydrogen-bond acceptors (Lipinski definition) is 4. The van der Waals surface area contributed by atoms with Gasteiger partial charge in [0.25, 0.3) is 0 Å². The van der Waals surface area contributed by atoms with Gasteiger partial charge in [-0.3, -0.25) is 0 Å². The molecule has 0 aliphatic heterocycles. The first kappa shape index (κ1) is 11.8. The number of nitrogens with one attached hydrogen (secondary N) is 1. The van der Waals surface area contributed by atoms with E-state index in [4.69, 9.17) is 4.74 Å². The van der Waals surface area contributed by atoms with E-state index in [0.717, 1.165) is 19.3 Å². The van der Waals surface area contributed by atoms with Crippen LogP contribution < -0.4 is 5.48 Å². The Hall–Kier alpha value is -1.26. The SMILES string of the molecule is CC(C)(C)OC(=O)NOC(=O)C1CCC1. The van der Waals surface area contributed by atoms with Crippen LogP contribution in [0.5, 0.6) is 0 Å². The molecule has 0 aromatic carbocycles. The van der Waals surface area contributed by atoms with Crippen LogP contribution in [0.3, 0.4) is 0 Å². The molecule has 1 amide bonds. The zero-order chi connectivity index (χ0) is 11.5. The fraction of sp³-hybridized carbons (Fsp3) is 0.800. The maximum Gasteiger partial charge on any atom is 0.441 e. The van der Waals surface area contributed by atoms with Crippen LogP contribution in [0.4, 0.5) is 4.79 Å². The van der Waals surface area contributed by atoms with Crippen LogP contribution in [0.15, 0.2) is 0 Å². The van der Waals surface area contributed by atoms with Gasteiger partial charge in [0.2, 0.25) is 0 Å². The third kappa shape index (κ3) is 4.18. The summed E-state index contributed by atoms with van der Waals surface area (Å²) in [6.07, 6.45) is 1.99. The number of rotatable bonds is 1. The van der Waals surface area contributed by atoms with Gasteiger partial charge in [-0.1, -0.05) is 6.42 Å².